The largest absolute Gasteiger partial charge is 0.467 e. The molecule has 1 amide bonds. The molecule has 2 aliphatic rings. The molecule has 0 atom stereocenters. The summed E-state index contributed by atoms with van der Waals surface area (Å²) in [6.07, 6.45) is 6.89. The number of piperidine rings is 2. The molecule has 0 unspecified atom stereocenters. The highest BCUT2D eigenvalue weighted by atomic mass is 32.1. The zero-order chi connectivity index (χ0) is 19.3. The zero-order valence-corrected chi connectivity index (χ0v) is 17.4. The monoisotopic (exact) mass is 399 g/mol. The highest BCUT2D eigenvalue weighted by Gasteiger charge is 2.30. The molecule has 0 bridgehead atoms. The predicted molar refractivity (Wildman–Crippen MR) is 112 cm³/mol. The van der Waals surface area contributed by atoms with Crippen molar-refractivity contribution in [3.8, 4) is 5.19 Å². The highest BCUT2D eigenvalue weighted by Crippen LogP contribution is 2.25. The summed E-state index contributed by atoms with van der Waals surface area (Å²) >= 11 is 1.57. The molecule has 1 aromatic heterocycles. The van der Waals surface area contributed by atoms with E-state index in [1.165, 1.54) is 5.56 Å². The summed E-state index contributed by atoms with van der Waals surface area (Å²) in [5, 5.41) is 2.75. The van der Waals surface area contributed by atoms with Crippen LogP contribution in [0.3, 0.4) is 0 Å². The molecule has 2 aliphatic heterocycles. The van der Waals surface area contributed by atoms with E-state index in [9.17, 15) is 4.79 Å². The normalized spacial score (nSPS) is 19.7. The van der Waals surface area contributed by atoms with Crippen LogP contribution in [0.25, 0.3) is 0 Å². The quantitative estimate of drug-likeness (QED) is 0.772. The van der Waals surface area contributed by atoms with Crippen LogP contribution in [0.4, 0.5) is 0 Å². The minimum atomic E-state index is 0.264. The van der Waals surface area contributed by atoms with Gasteiger partial charge in [-0.2, -0.15) is 0 Å². The van der Waals surface area contributed by atoms with E-state index in [2.05, 4.69) is 39.9 Å². The fraction of sp³-hybridized carbons (Fsp3) is 0.545. The Labute approximate surface area is 171 Å². The maximum atomic E-state index is 12.6. The Balaban J connectivity index is 1.20. The Morgan fingerprint density at radius 3 is 2.64 bits per heavy atom. The lowest BCUT2D eigenvalue weighted by molar-refractivity contribution is -0.132. The fourth-order valence-corrected chi connectivity index (χ4v) is 4.91. The summed E-state index contributed by atoms with van der Waals surface area (Å²) in [7, 11) is 0. The zero-order valence-electron chi connectivity index (χ0n) is 16.5. The third kappa shape index (κ3) is 4.92. The van der Waals surface area contributed by atoms with Crippen molar-refractivity contribution in [3.63, 3.8) is 0 Å². The van der Waals surface area contributed by atoms with Crippen molar-refractivity contribution in [2.24, 2.45) is 0 Å². The third-order valence-electron chi connectivity index (χ3n) is 5.93. The summed E-state index contributed by atoms with van der Waals surface area (Å²) in [6, 6.07) is 8.87. The molecule has 0 aliphatic carbocycles. The molecule has 0 saturated carbocycles. The van der Waals surface area contributed by atoms with Crippen LogP contribution in [-0.2, 0) is 11.2 Å². The van der Waals surface area contributed by atoms with Crippen molar-refractivity contribution in [1.82, 2.24) is 14.8 Å². The number of amides is 1. The van der Waals surface area contributed by atoms with E-state index in [1.807, 2.05) is 11.4 Å². The van der Waals surface area contributed by atoms with Crippen molar-refractivity contribution in [2.75, 3.05) is 26.2 Å². The maximum absolute atomic E-state index is 12.6. The average Bonchev–Trinajstić information content (AvgIpc) is 3.22. The van der Waals surface area contributed by atoms with Gasteiger partial charge in [-0.05, 0) is 38.2 Å². The lowest BCUT2D eigenvalue weighted by atomic mass is 9.98. The van der Waals surface area contributed by atoms with E-state index in [4.69, 9.17) is 4.74 Å². The Morgan fingerprint density at radius 1 is 1.18 bits per heavy atom. The van der Waals surface area contributed by atoms with Gasteiger partial charge in [-0.1, -0.05) is 41.2 Å². The van der Waals surface area contributed by atoms with Crippen molar-refractivity contribution >= 4 is 17.2 Å². The van der Waals surface area contributed by atoms with E-state index in [0.717, 1.165) is 62.6 Å². The number of carbonyl (C=O) groups is 1. The van der Waals surface area contributed by atoms with E-state index in [0.29, 0.717) is 18.6 Å². The Morgan fingerprint density at radius 2 is 1.96 bits per heavy atom. The molecule has 3 heterocycles. The van der Waals surface area contributed by atoms with Gasteiger partial charge in [0.2, 0.25) is 5.91 Å². The van der Waals surface area contributed by atoms with E-state index >= 15 is 0 Å². The van der Waals surface area contributed by atoms with Crippen molar-refractivity contribution in [2.45, 2.75) is 51.2 Å². The van der Waals surface area contributed by atoms with Gasteiger partial charge in [0.1, 0.15) is 6.10 Å². The number of carbonyl (C=O) groups excluding carboxylic acids is 1. The Kier molecular flexibility index (Phi) is 6.27. The topological polar surface area (TPSA) is 45.7 Å². The van der Waals surface area contributed by atoms with Crippen LogP contribution in [0.2, 0.25) is 0 Å². The van der Waals surface area contributed by atoms with Crippen LogP contribution in [0.5, 0.6) is 5.19 Å². The van der Waals surface area contributed by atoms with Gasteiger partial charge in [-0.25, -0.2) is 4.98 Å². The molecule has 0 spiro atoms. The van der Waals surface area contributed by atoms with Gasteiger partial charge < -0.3 is 9.64 Å². The number of thiazole rings is 1. The molecule has 4 rings (SSSR count). The molecule has 2 fully saturated rings. The molecule has 5 nitrogen and oxygen atoms in total. The second-order valence-electron chi connectivity index (χ2n) is 7.93. The SMILES string of the molecule is Cc1cccc(CC(=O)N2CCC(N3CCC(Oc4nccs4)CC3)CC2)c1. The molecular weight excluding hydrogens is 370 g/mol. The summed E-state index contributed by atoms with van der Waals surface area (Å²) < 4.78 is 5.97. The van der Waals surface area contributed by atoms with Crippen LogP contribution in [0, 0.1) is 6.92 Å². The molecule has 0 radical (unpaired) electrons. The van der Waals surface area contributed by atoms with Crippen molar-refractivity contribution in [1.29, 1.82) is 0 Å². The molecule has 2 saturated heterocycles. The molecule has 0 N–H and O–H groups in total. The molecular formula is C22H29N3O2S. The van der Waals surface area contributed by atoms with Crippen molar-refractivity contribution in [3.05, 3.63) is 47.0 Å². The van der Waals surface area contributed by atoms with Gasteiger partial charge in [0.25, 0.3) is 5.19 Å². The Hall–Kier alpha value is -1.92. The highest BCUT2D eigenvalue weighted by molar-refractivity contribution is 7.11. The minimum absolute atomic E-state index is 0.264. The van der Waals surface area contributed by atoms with Gasteiger partial charge in [-0.3, -0.25) is 9.69 Å². The second-order valence-corrected chi connectivity index (χ2v) is 8.79. The number of rotatable bonds is 5. The molecule has 28 heavy (non-hydrogen) atoms. The number of hydrogen-bond donors (Lipinski definition) is 0. The molecule has 6 heteroatoms. The van der Waals surface area contributed by atoms with Crippen LogP contribution in [0.15, 0.2) is 35.8 Å². The minimum Gasteiger partial charge on any atom is -0.467 e. The first-order valence-corrected chi connectivity index (χ1v) is 11.2. The van der Waals surface area contributed by atoms with Crippen LogP contribution < -0.4 is 4.74 Å². The van der Waals surface area contributed by atoms with Gasteiger partial charge in [-0.15, -0.1) is 0 Å². The van der Waals surface area contributed by atoms with Crippen molar-refractivity contribution < 1.29 is 9.53 Å². The summed E-state index contributed by atoms with van der Waals surface area (Å²) in [5.41, 5.74) is 2.33. The molecule has 150 valence electrons. The number of benzene rings is 1. The first kappa shape index (κ1) is 19.4. The van der Waals surface area contributed by atoms with E-state index < -0.39 is 0 Å². The Bertz CT molecular complexity index is 764. The van der Waals surface area contributed by atoms with E-state index in [-0.39, 0.29) is 5.91 Å². The number of nitrogens with zero attached hydrogens (tertiary/aromatic N) is 3. The number of ether oxygens (including phenoxy) is 1. The molecule has 2 aromatic rings. The molecule has 1 aromatic carbocycles. The lowest BCUT2D eigenvalue weighted by Crippen LogP contribution is -2.50. The third-order valence-corrected chi connectivity index (χ3v) is 6.59. The van der Waals surface area contributed by atoms with Crippen LogP contribution in [-0.4, -0.2) is 59.0 Å². The van der Waals surface area contributed by atoms with Gasteiger partial charge in [0.15, 0.2) is 0 Å². The second kappa shape index (κ2) is 9.05. The standard InChI is InChI=1S/C22H29N3O2S/c1-17-3-2-4-18(15-17)16-21(26)25-10-5-19(6-11-25)24-12-7-20(8-13-24)27-22-23-9-14-28-22/h2-4,9,14-15,19-20H,5-8,10-13,16H2,1H3. The summed E-state index contributed by atoms with van der Waals surface area (Å²) in [4.78, 5) is 21.5. The number of aromatic nitrogens is 1. The van der Waals surface area contributed by atoms with Crippen LogP contribution in [0.1, 0.15) is 36.8 Å². The lowest BCUT2D eigenvalue weighted by Gasteiger charge is -2.41. The number of likely N-dealkylation sites (tertiary alicyclic amines) is 2. The summed E-state index contributed by atoms with van der Waals surface area (Å²) in [6.45, 7) is 6.00. The fourth-order valence-electron chi connectivity index (χ4n) is 4.36. The van der Waals surface area contributed by atoms with Crippen LogP contribution >= 0.6 is 11.3 Å². The van der Waals surface area contributed by atoms with E-state index in [1.54, 1.807) is 17.5 Å². The first-order valence-electron chi connectivity index (χ1n) is 10.3. The number of aryl methyl sites for hydroxylation is 1. The average molecular weight is 400 g/mol. The first-order chi connectivity index (χ1) is 13.7. The predicted octanol–water partition coefficient (Wildman–Crippen LogP) is 3.53. The van der Waals surface area contributed by atoms with Gasteiger partial charge in [0, 0.05) is 43.8 Å². The van der Waals surface area contributed by atoms with Gasteiger partial charge >= 0.3 is 0 Å². The van der Waals surface area contributed by atoms with Gasteiger partial charge in [0.05, 0.1) is 6.42 Å². The maximum Gasteiger partial charge on any atom is 0.273 e. The summed E-state index contributed by atoms with van der Waals surface area (Å²) in [5.74, 6) is 0.264. The number of hydrogen-bond acceptors (Lipinski definition) is 5. The smallest absolute Gasteiger partial charge is 0.273 e.